The Bertz CT molecular complexity index is 693. The molecule has 2 aromatic rings. The molecular weight excluding hydrogens is 327 g/mol. The lowest BCUT2D eigenvalue weighted by atomic mass is 10.1. The first-order valence-corrected chi connectivity index (χ1v) is 7.22. The molecule has 0 bridgehead atoms. The summed E-state index contributed by atoms with van der Waals surface area (Å²) in [5.74, 6) is -1.09. The van der Waals surface area contributed by atoms with Crippen molar-refractivity contribution < 1.29 is 19.1 Å². The minimum absolute atomic E-state index is 0.0809. The third-order valence-corrected chi connectivity index (χ3v) is 3.32. The predicted molar refractivity (Wildman–Crippen MR) is 83.8 cm³/mol. The van der Waals surface area contributed by atoms with Gasteiger partial charge in [-0.05, 0) is 37.3 Å². The summed E-state index contributed by atoms with van der Waals surface area (Å²) in [4.78, 5) is 23.8. The van der Waals surface area contributed by atoms with Crippen LogP contribution in [0.2, 0.25) is 10.0 Å². The van der Waals surface area contributed by atoms with Crippen molar-refractivity contribution in [1.82, 2.24) is 0 Å². The highest BCUT2D eigenvalue weighted by Crippen LogP contribution is 2.32. The van der Waals surface area contributed by atoms with Crippen LogP contribution in [0.25, 0.3) is 0 Å². The molecule has 0 saturated carbocycles. The first-order valence-electron chi connectivity index (χ1n) is 6.46. The van der Waals surface area contributed by atoms with Crippen molar-refractivity contribution in [2.45, 2.75) is 6.92 Å². The Labute approximate surface area is 137 Å². The van der Waals surface area contributed by atoms with Crippen LogP contribution < -0.4 is 4.74 Å². The van der Waals surface area contributed by atoms with E-state index in [1.807, 2.05) is 0 Å². The lowest BCUT2D eigenvalue weighted by Gasteiger charge is -2.08. The van der Waals surface area contributed by atoms with E-state index in [4.69, 9.17) is 32.7 Å². The van der Waals surface area contributed by atoms with Crippen molar-refractivity contribution in [2.24, 2.45) is 0 Å². The Kier molecular flexibility index (Phi) is 5.41. The van der Waals surface area contributed by atoms with Crippen LogP contribution in [0.1, 0.15) is 27.6 Å². The van der Waals surface area contributed by atoms with Crippen molar-refractivity contribution in [3.05, 3.63) is 63.6 Å². The first kappa shape index (κ1) is 16.3. The summed E-state index contributed by atoms with van der Waals surface area (Å²) >= 11 is 11.9. The van der Waals surface area contributed by atoms with Gasteiger partial charge in [-0.2, -0.15) is 0 Å². The van der Waals surface area contributed by atoms with Gasteiger partial charge in [0.1, 0.15) is 0 Å². The van der Waals surface area contributed by atoms with E-state index < -0.39 is 11.9 Å². The van der Waals surface area contributed by atoms with E-state index in [1.165, 1.54) is 12.1 Å². The highest BCUT2D eigenvalue weighted by Gasteiger charge is 2.16. The maximum Gasteiger partial charge on any atom is 0.343 e. The molecule has 0 radical (unpaired) electrons. The number of para-hydroxylation sites is 1. The van der Waals surface area contributed by atoms with Crippen molar-refractivity contribution >= 4 is 35.1 Å². The van der Waals surface area contributed by atoms with Crippen LogP contribution in [0, 0.1) is 0 Å². The molecular formula is C16H12Cl2O4. The van der Waals surface area contributed by atoms with Crippen LogP contribution in [0.5, 0.6) is 5.75 Å². The molecule has 4 nitrogen and oxygen atoms in total. The Morgan fingerprint density at radius 2 is 1.50 bits per heavy atom. The summed E-state index contributed by atoms with van der Waals surface area (Å²) in [5.41, 5.74) is 0.461. The van der Waals surface area contributed by atoms with E-state index in [-0.39, 0.29) is 33.5 Å². The van der Waals surface area contributed by atoms with Gasteiger partial charge in [-0.3, -0.25) is 0 Å². The van der Waals surface area contributed by atoms with Crippen molar-refractivity contribution in [3.8, 4) is 5.75 Å². The number of rotatable bonds is 4. The second-order valence-corrected chi connectivity index (χ2v) is 5.06. The molecule has 22 heavy (non-hydrogen) atoms. The van der Waals surface area contributed by atoms with Gasteiger partial charge in [0.2, 0.25) is 0 Å². The molecule has 0 spiro atoms. The van der Waals surface area contributed by atoms with E-state index in [0.29, 0.717) is 0 Å². The van der Waals surface area contributed by atoms with Crippen LogP contribution in [-0.4, -0.2) is 18.5 Å². The topological polar surface area (TPSA) is 52.6 Å². The second-order valence-electron chi connectivity index (χ2n) is 4.24. The molecule has 0 atom stereocenters. The minimum atomic E-state index is -0.666. The first-order chi connectivity index (χ1) is 10.5. The predicted octanol–water partition coefficient (Wildman–Crippen LogP) is 4.39. The number of esters is 2. The third kappa shape index (κ3) is 3.78. The van der Waals surface area contributed by atoms with Gasteiger partial charge in [-0.1, -0.05) is 35.3 Å². The molecule has 0 amide bonds. The SMILES string of the molecule is CCOC(=O)c1cccc(C(=O)Oc2c(Cl)cccc2Cl)c1. The second kappa shape index (κ2) is 7.29. The zero-order chi connectivity index (χ0) is 16.1. The van der Waals surface area contributed by atoms with E-state index in [9.17, 15) is 9.59 Å². The van der Waals surface area contributed by atoms with Crippen LogP contribution in [0.3, 0.4) is 0 Å². The van der Waals surface area contributed by atoms with Crippen LogP contribution in [0.15, 0.2) is 42.5 Å². The van der Waals surface area contributed by atoms with E-state index >= 15 is 0 Å². The Morgan fingerprint density at radius 1 is 0.955 bits per heavy atom. The lowest BCUT2D eigenvalue weighted by Crippen LogP contribution is -2.11. The third-order valence-electron chi connectivity index (χ3n) is 2.72. The number of hydrogen-bond acceptors (Lipinski definition) is 4. The summed E-state index contributed by atoms with van der Waals surface area (Å²) in [6.45, 7) is 1.96. The number of ether oxygens (including phenoxy) is 2. The maximum absolute atomic E-state index is 12.2. The number of carbonyl (C=O) groups is 2. The van der Waals surface area contributed by atoms with Gasteiger partial charge in [0.05, 0.1) is 27.8 Å². The minimum Gasteiger partial charge on any atom is -0.462 e. The monoisotopic (exact) mass is 338 g/mol. The average Bonchev–Trinajstić information content (AvgIpc) is 2.51. The Hall–Kier alpha value is -2.04. The average molecular weight is 339 g/mol. The fourth-order valence-corrected chi connectivity index (χ4v) is 2.19. The van der Waals surface area contributed by atoms with Gasteiger partial charge in [-0.15, -0.1) is 0 Å². The van der Waals surface area contributed by atoms with E-state index in [0.717, 1.165) is 0 Å². The summed E-state index contributed by atoms with van der Waals surface area (Å²) < 4.78 is 10.1. The molecule has 0 N–H and O–H groups in total. The lowest BCUT2D eigenvalue weighted by molar-refractivity contribution is 0.0526. The zero-order valence-electron chi connectivity index (χ0n) is 11.6. The number of hydrogen-bond donors (Lipinski definition) is 0. The van der Waals surface area contributed by atoms with Gasteiger partial charge in [-0.25, -0.2) is 9.59 Å². The van der Waals surface area contributed by atoms with Crippen LogP contribution in [0.4, 0.5) is 0 Å². The molecule has 114 valence electrons. The summed E-state index contributed by atoms with van der Waals surface area (Å²) in [7, 11) is 0. The molecule has 0 aliphatic carbocycles. The standard InChI is InChI=1S/C16H12Cl2O4/c1-2-21-15(19)10-5-3-6-11(9-10)16(20)22-14-12(17)7-4-8-13(14)18/h3-9H,2H2,1H3. The van der Waals surface area contributed by atoms with Gasteiger partial charge in [0, 0.05) is 0 Å². The number of benzene rings is 2. The molecule has 0 saturated heterocycles. The Morgan fingerprint density at radius 3 is 2.09 bits per heavy atom. The summed E-state index contributed by atoms with van der Waals surface area (Å²) in [5, 5.41) is 0.449. The summed E-state index contributed by atoms with van der Waals surface area (Å²) in [6.07, 6.45) is 0. The molecule has 6 heteroatoms. The van der Waals surface area contributed by atoms with Crippen molar-refractivity contribution in [3.63, 3.8) is 0 Å². The molecule has 0 aromatic heterocycles. The quantitative estimate of drug-likeness (QED) is 0.612. The highest BCUT2D eigenvalue weighted by atomic mass is 35.5. The summed E-state index contributed by atoms with van der Waals surface area (Å²) in [6, 6.07) is 10.8. The normalized spacial score (nSPS) is 10.1. The molecule has 0 aliphatic heterocycles. The molecule has 0 aliphatic rings. The maximum atomic E-state index is 12.2. The fraction of sp³-hybridized carbons (Fsp3) is 0.125. The van der Waals surface area contributed by atoms with Crippen molar-refractivity contribution in [2.75, 3.05) is 6.61 Å². The van der Waals surface area contributed by atoms with Gasteiger partial charge < -0.3 is 9.47 Å². The molecule has 0 fully saturated rings. The van der Waals surface area contributed by atoms with Gasteiger partial charge >= 0.3 is 11.9 Å². The largest absolute Gasteiger partial charge is 0.462 e. The number of halogens is 2. The van der Waals surface area contributed by atoms with Crippen LogP contribution >= 0.6 is 23.2 Å². The molecule has 0 unspecified atom stereocenters. The van der Waals surface area contributed by atoms with Crippen LogP contribution in [-0.2, 0) is 4.74 Å². The molecule has 2 rings (SSSR count). The van der Waals surface area contributed by atoms with Crippen molar-refractivity contribution in [1.29, 1.82) is 0 Å². The fourth-order valence-electron chi connectivity index (χ4n) is 1.72. The highest BCUT2D eigenvalue weighted by molar-refractivity contribution is 6.37. The van der Waals surface area contributed by atoms with Gasteiger partial charge in [0.15, 0.2) is 5.75 Å². The Balaban J connectivity index is 2.23. The van der Waals surface area contributed by atoms with Gasteiger partial charge in [0.25, 0.3) is 0 Å². The smallest absolute Gasteiger partial charge is 0.343 e. The van der Waals surface area contributed by atoms with E-state index in [1.54, 1.807) is 37.3 Å². The molecule has 2 aromatic carbocycles. The number of carbonyl (C=O) groups excluding carboxylic acids is 2. The zero-order valence-corrected chi connectivity index (χ0v) is 13.1. The van der Waals surface area contributed by atoms with E-state index in [2.05, 4.69) is 0 Å². The molecule has 0 heterocycles.